The summed E-state index contributed by atoms with van der Waals surface area (Å²) in [6, 6.07) is 0.897. The highest BCUT2D eigenvalue weighted by atomic mass is 32.1. The molecule has 3 N–H and O–H groups in total. The van der Waals surface area contributed by atoms with Gasteiger partial charge in [0.15, 0.2) is 0 Å². The van der Waals surface area contributed by atoms with Crippen LogP contribution < -0.4 is 5.32 Å². The lowest BCUT2D eigenvalue weighted by molar-refractivity contribution is -0.146. The normalized spacial score (nSPS) is 12.3. The zero-order valence-corrected chi connectivity index (χ0v) is 9.58. The van der Waals surface area contributed by atoms with Crippen molar-refractivity contribution in [1.82, 2.24) is 5.32 Å². The first-order valence-electron chi connectivity index (χ1n) is 4.71. The second-order valence-electron chi connectivity index (χ2n) is 3.40. The number of carboxylic acids is 2. The third-order valence-electron chi connectivity index (χ3n) is 2.15. The van der Waals surface area contributed by atoms with Crippen molar-refractivity contribution in [3.05, 3.63) is 21.9 Å². The molecule has 0 spiro atoms. The van der Waals surface area contributed by atoms with Crippen molar-refractivity contribution in [1.29, 1.82) is 0 Å². The highest BCUT2D eigenvalue weighted by Crippen LogP contribution is 2.15. The molecule has 6 heteroatoms. The second-order valence-corrected chi connectivity index (χ2v) is 4.40. The van der Waals surface area contributed by atoms with Gasteiger partial charge in [0.1, 0.15) is 6.04 Å². The first kappa shape index (κ1) is 12.7. The number of nitrogens with one attached hydrogen (secondary N) is 1. The van der Waals surface area contributed by atoms with Crippen LogP contribution >= 0.6 is 11.3 Å². The van der Waals surface area contributed by atoms with Crippen LogP contribution in [0.5, 0.6) is 0 Å². The summed E-state index contributed by atoms with van der Waals surface area (Å²) in [5.74, 6) is -2.26. The van der Waals surface area contributed by atoms with Gasteiger partial charge in [-0.1, -0.05) is 0 Å². The van der Waals surface area contributed by atoms with Gasteiger partial charge in [0.05, 0.1) is 6.42 Å². The fraction of sp³-hybridized carbons (Fsp3) is 0.400. The summed E-state index contributed by atoms with van der Waals surface area (Å²) >= 11 is 1.52. The molecule has 0 aliphatic carbocycles. The molecule has 16 heavy (non-hydrogen) atoms. The number of rotatable bonds is 6. The number of hydrogen-bond acceptors (Lipinski definition) is 4. The van der Waals surface area contributed by atoms with E-state index in [1.807, 2.05) is 18.4 Å². The number of carboxylic acid groups (broad SMARTS) is 2. The molecule has 1 rings (SSSR count). The van der Waals surface area contributed by atoms with E-state index < -0.39 is 24.4 Å². The standard InChI is InChI=1S/C10H13NO4S/c1-6-2-3-16-8(6)5-11-7(10(14)15)4-9(12)13/h2-3,7,11H,4-5H2,1H3,(H,12,13)(H,14,15). The Kier molecular flexibility index (Phi) is 4.45. The molecule has 0 aromatic carbocycles. The van der Waals surface area contributed by atoms with Gasteiger partial charge in [-0.2, -0.15) is 0 Å². The van der Waals surface area contributed by atoms with E-state index in [1.165, 1.54) is 11.3 Å². The van der Waals surface area contributed by atoms with E-state index in [2.05, 4.69) is 5.32 Å². The maximum Gasteiger partial charge on any atom is 0.321 e. The van der Waals surface area contributed by atoms with E-state index in [0.29, 0.717) is 6.54 Å². The van der Waals surface area contributed by atoms with Crippen molar-refractivity contribution >= 4 is 23.3 Å². The lowest BCUT2D eigenvalue weighted by Gasteiger charge is -2.11. The zero-order chi connectivity index (χ0) is 12.1. The maximum absolute atomic E-state index is 10.8. The molecule has 1 aromatic rings. The molecular weight excluding hydrogens is 230 g/mol. The van der Waals surface area contributed by atoms with E-state index in [-0.39, 0.29) is 0 Å². The van der Waals surface area contributed by atoms with Crippen LogP contribution in [0.1, 0.15) is 16.9 Å². The third kappa shape index (κ3) is 3.63. The molecule has 1 heterocycles. The summed E-state index contributed by atoms with van der Waals surface area (Å²) in [6.45, 7) is 2.31. The molecule has 0 bridgehead atoms. The molecule has 0 fully saturated rings. The summed E-state index contributed by atoms with van der Waals surface area (Å²) in [5, 5.41) is 22.0. The van der Waals surface area contributed by atoms with Crippen LogP contribution in [0, 0.1) is 6.92 Å². The van der Waals surface area contributed by atoms with Gasteiger partial charge >= 0.3 is 11.9 Å². The van der Waals surface area contributed by atoms with Crippen LogP contribution in [-0.2, 0) is 16.1 Å². The Morgan fingerprint density at radius 3 is 2.62 bits per heavy atom. The Balaban J connectivity index is 2.53. The first-order chi connectivity index (χ1) is 7.50. The number of hydrogen-bond donors (Lipinski definition) is 3. The van der Waals surface area contributed by atoms with Gasteiger partial charge in [0, 0.05) is 11.4 Å². The van der Waals surface area contributed by atoms with Crippen LogP contribution in [0.3, 0.4) is 0 Å². The average molecular weight is 243 g/mol. The van der Waals surface area contributed by atoms with Gasteiger partial charge in [-0.25, -0.2) is 0 Å². The fourth-order valence-electron chi connectivity index (χ4n) is 1.22. The summed E-state index contributed by atoms with van der Waals surface area (Å²) in [5.41, 5.74) is 1.08. The minimum absolute atomic E-state index is 0.383. The molecule has 0 amide bonds. The van der Waals surface area contributed by atoms with E-state index in [9.17, 15) is 9.59 Å². The molecule has 0 saturated heterocycles. The molecule has 0 aliphatic heterocycles. The molecule has 88 valence electrons. The molecule has 0 aliphatic rings. The van der Waals surface area contributed by atoms with Crippen molar-refractivity contribution in [2.24, 2.45) is 0 Å². The summed E-state index contributed by atoms with van der Waals surface area (Å²) < 4.78 is 0. The Morgan fingerprint density at radius 2 is 2.19 bits per heavy atom. The quantitative estimate of drug-likeness (QED) is 0.695. The van der Waals surface area contributed by atoms with Gasteiger partial charge in [-0.15, -0.1) is 11.3 Å². The maximum atomic E-state index is 10.8. The topological polar surface area (TPSA) is 86.6 Å². The van der Waals surface area contributed by atoms with Crippen molar-refractivity contribution in [2.45, 2.75) is 25.9 Å². The highest BCUT2D eigenvalue weighted by Gasteiger charge is 2.20. The Bertz CT molecular complexity index is 388. The Morgan fingerprint density at radius 1 is 1.50 bits per heavy atom. The summed E-state index contributed by atoms with van der Waals surface area (Å²) in [6.07, 6.45) is -0.417. The number of aryl methyl sites for hydroxylation is 1. The average Bonchev–Trinajstić information content (AvgIpc) is 2.57. The van der Waals surface area contributed by atoms with Crippen LogP contribution in [0.4, 0.5) is 0 Å². The molecule has 1 atom stereocenters. The molecule has 1 aromatic heterocycles. The Hall–Kier alpha value is -1.40. The first-order valence-corrected chi connectivity index (χ1v) is 5.59. The monoisotopic (exact) mass is 243 g/mol. The van der Waals surface area contributed by atoms with Gasteiger partial charge in [-0.05, 0) is 23.9 Å². The van der Waals surface area contributed by atoms with Gasteiger partial charge in [0.25, 0.3) is 0 Å². The molecular formula is C10H13NO4S. The van der Waals surface area contributed by atoms with E-state index in [0.717, 1.165) is 10.4 Å². The summed E-state index contributed by atoms with van der Waals surface area (Å²) in [4.78, 5) is 22.2. The Labute approximate surface area is 96.7 Å². The van der Waals surface area contributed by atoms with Crippen LogP contribution in [-0.4, -0.2) is 28.2 Å². The van der Waals surface area contributed by atoms with Gasteiger partial charge in [0.2, 0.25) is 0 Å². The largest absolute Gasteiger partial charge is 0.481 e. The molecule has 0 radical (unpaired) electrons. The third-order valence-corrected chi connectivity index (χ3v) is 3.18. The highest BCUT2D eigenvalue weighted by molar-refractivity contribution is 7.10. The van der Waals surface area contributed by atoms with E-state index in [1.54, 1.807) is 0 Å². The predicted molar refractivity (Wildman–Crippen MR) is 59.6 cm³/mol. The molecule has 5 nitrogen and oxygen atoms in total. The molecule has 0 saturated carbocycles. The minimum Gasteiger partial charge on any atom is -0.481 e. The van der Waals surface area contributed by atoms with E-state index in [4.69, 9.17) is 10.2 Å². The number of carbonyl (C=O) groups is 2. The smallest absolute Gasteiger partial charge is 0.321 e. The van der Waals surface area contributed by atoms with Crippen molar-refractivity contribution in [3.8, 4) is 0 Å². The number of thiophene rings is 1. The van der Waals surface area contributed by atoms with Crippen LogP contribution in [0.15, 0.2) is 11.4 Å². The lowest BCUT2D eigenvalue weighted by Crippen LogP contribution is -2.38. The van der Waals surface area contributed by atoms with Gasteiger partial charge in [-0.3, -0.25) is 14.9 Å². The van der Waals surface area contributed by atoms with Crippen LogP contribution in [0.25, 0.3) is 0 Å². The molecule has 1 unspecified atom stereocenters. The zero-order valence-electron chi connectivity index (χ0n) is 8.77. The van der Waals surface area contributed by atoms with E-state index >= 15 is 0 Å². The lowest BCUT2D eigenvalue weighted by atomic mass is 10.2. The van der Waals surface area contributed by atoms with Crippen molar-refractivity contribution in [3.63, 3.8) is 0 Å². The second kappa shape index (κ2) is 5.62. The summed E-state index contributed by atoms with van der Waals surface area (Å²) in [7, 11) is 0. The van der Waals surface area contributed by atoms with Gasteiger partial charge < -0.3 is 10.2 Å². The fourth-order valence-corrected chi connectivity index (χ4v) is 2.08. The predicted octanol–water partition coefficient (Wildman–Crippen LogP) is 1.07. The number of aliphatic carboxylic acids is 2. The van der Waals surface area contributed by atoms with Crippen molar-refractivity contribution in [2.75, 3.05) is 0 Å². The van der Waals surface area contributed by atoms with Crippen molar-refractivity contribution < 1.29 is 19.8 Å². The van der Waals surface area contributed by atoms with Crippen LogP contribution in [0.2, 0.25) is 0 Å². The minimum atomic E-state index is -1.14. The SMILES string of the molecule is Cc1ccsc1CNC(CC(=O)O)C(=O)O.